The van der Waals surface area contributed by atoms with E-state index in [2.05, 4.69) is 35.8 Å². The van der Waals surface area contributed by atoms with Gasteiger partial charge in [0.1, 0.15) is 0 Å². The first-order chi connectivity index (χ1) is 9.31. The molecule has 104 valence electrons. The predicted octanol–water partition coefficient (Wildman–Crippen LogP) is 3.32. The molecule has 0 radical (unpaired) electrons. The van der Waals surface area contributed by atoms with E-state index >= 15 is 0 Å². The molecule has 0 aliphatic heterocycles. The van der Waals surface area contributed by atoms with Gasteiger partial charge in [-0.1, -0.05) is 0 Å². The van der Waals surface area contributed by atoms with E-state index in [1.807, 2.05) is 0 Å². The van der Waals surface area contributed by atoms with Crippen molar-refractivity contribution in [3.8, 4) is 0 Å². The van der Waals surface area contributed by atoms with Crippen LogP contribution in [0.5, 0.6) is 0 Å². The maximum absolute atomic E-state index is 3.36. The van der Waals surface area contributed by atoms with Gasteiger partial charge in [-0.3, -0.25) is 0 Å². The normalized spacial score (nSPS) is 43.8. The molecule has 1 aromatic heterocycles. The van der Waals surface area contributed by atoms with Crippen molar-refractivity contribution in [3.05, 3.63) is 24.0 Å². The number of rotatable bonds is 4. The average Bonchev–Trinajstić information content (AvgIpc) is 2.92. The van der Waals surface area contributed by atoms with Crippen molar-refractivity contribution in [1.29, 1.82) is 0 Å². The Bertz CT molecular complexity index is 420. The lowest BCUT2D eigenvalue weighted by Crippen LogP contribution is -2.53. The molecule has 2 atom stereocenters. The molecule has 1 heterocycles. The van der Waals surface area contributed by atoms with Crippen LogP contribution < -0.4 is 5.32 Å². The molecule has 2 heteroatoms. The van der Waals surface area contributed by atoms with Gasteiger partial charge in [0.15, 0.2) is 0 Å². The third kappa shape index (κ3) is 1.79. The number of aromatic nitrogens is 1. The van der Waals surface area contributed by atoms with Crippen LogP contribution in [0.3, 0.4) is 0 Å². The molecule has 4 saturated carbocycles. The molecule has 0 amide bonds. The van der Waals surface area contributed by atoms with Crippen molar-refractivity contribution in [2.75, 3.05) is 13.6 Å². The maximum Gasteiger partial charge on any atom is 0.00430 e. The van der Waals surface area contributed by atoms with Gasteiger partial charge in [-0.25, -0.2) is 0 Å². The summed E-state index contributed by atoms with van der Waals surface area (Å²) in [5.41, 5.74) is 2.16. The molecule has 4 aliphatic rings. The minimum Gasteiger partial charge on any atom is -0.367 e. The predicted molar refractivity (Wildman–Crippen MR) is 78.1 cm³/mol. The third-order valence-electron chi connectivity index (χ3n) is 6.41. The van der Waals surface area contributed by atoms with Gasteiger partial charge in [0.2, 0.25) is 0 Å². The Morgan fingerprint density at radius 2 is 2.05 bits per heavy atom. The zero-order valence-corrected chi connectivity index (χ0v) is 12.0. The van der Waals surface area contributed by atoms with E-state index in [0.717, 1.165) is 23.7 Å². The molecule has 2 nitrogen and oxygen atoms in total. The van der Waals surface area contributed by atoms with Gasteiger partial charge in [0.25, 0.3) is 0 Å². The summed E-state index contributed by atoms with van der Waals surface area (Å²) in [6.45, 7) is 1.21. The summed E-state index contributed by atoms with van der Waals surface area (Å²) in [6.07, 6.45) is 13.2. The first kappa shape index (κ1) is 12.0. The van der Waals surface area contributed by atoms with Gasteiger partial charge in [-0.2, -0.15) is 0 Å². The Labute approximate surface area is 116 Å². The summed E-state index contributed by atoms with van der Waals surface area (Å²) in [4.78, 5) is 3.29. The van der Waals surface area contributed by atoms with E-state index < -0.39 is 0 Å². The second kappa shape index (κ2) is 4.37. The molecule has 4 fully saturated rings. The lowest BCUT2D eigenvalue weighted by Gasteiger charge is -2.60. The minimum absolute atomic E-state index is 0.548. The van der Waals surface area contributed by atoms with Crippen LogP contribution in [-0.4, -0.2) is 18.6 Å². The Hall–Kier alpha value is -0.760. The fraction of sp³-hybridized carbons (Fsp3) is 0.765. The Kier molecular flexibility index (Phi) is 2.77. The van der Waals surface area contributed by atoms with Crippen LogP contribution >= 0.6 is 0 Å². The van der Waals surface area contributed by atoms with Gasteiger partial charge in [-0.15, -0.1) is 0 Å². The second-order valence-corrected chi connectivity index (χ2v) is 7.41. The molecule has 1 aromatic rings. The highest BCUT2D eigenvalue weighted by Crippen LogP contribution is 2.63. The van der Waals surface area contributed by atoms with Crippen LogP contribution in [0.2, 0.25) is 0 Å². The average molecular weight is 258 g/mol. The van der Waals surface area contributed by atoms with Gasteiger partial charge < -0.3 is 10.3 Å². The van der Waals surface area contributed by atoms with Crippen LogP contribution in [0.25, 0.3) is 0 Å². The highest BCUT2D eigenvalue weighted by Gasteiger charge is 2.55. The molecule has 4 bridgehead atoms. The summed E-state index contributed by atoms with van der Waals surface area (Å²) < 4.78 is 0. The van der Waals surface area contributed by atoms with Crippen molar-refractivity contribution in [2.45, 2.75) is 43.9 Å². The standard InChI is InChI=1S/C17H26N2/c1-18-4-3-16-13-6-12-7-14(16)10-17(8-12,9-13)15-2-5-19-11-15/h2,5,11-14,16,18-19H,3-4,6-10H2,1H3. The first-order valence-corrected chi connectivity index (χ1v) is 8.08. The quantitative estimate of drug-likeness (QED) is 0.852. The monoisotopic (exact) mass is 258 g/mol. The van der Waals surface area contributed by atoms with Crippen molar-refractivity contribution in [2.24, 2.45) is 23.7 Å². The molecule has 19 heavy (non-hydrogen) atoms. The lowest BCUT2D eigenvalue weighted by molar-refractivity contribution is -0.0585. The van der Waals surface area contributed by atoms with Crippen LogP contribution in [0.4, 0.5) is 0 Å². The molecule has 0 aromatic carbocycles. The largest absolute Gasteiger partial charge is 0.367 e. The molecular formula is C17H26N2. The zero-order valence-electron chi connectivity index (χ0n) is 12.0. The Balaban J connectivity index is 1.60. The minimum atomic E-state index is 0.548. The topological polar surface area (TPSA) is 27.8 Å². The van der Waals surface area contributed by atoms with Crippen LogP contribution in [0.1, 0.15) is 44.1 Å². The summed E-state index contributed by atoms with van der Waals surface area (Å²) in [5.74, 6) is 4.05. The van der Waals surface area contributed by atoms with Crippen molar-refractivity contribution in [3.63, 3.8) is 0 Å². The van der Waals surface area contributed by atoms with Crippen molar-refractivity contribution in [1.82, 2.24) is 10.3 Å². The van der Waals surface area contributed by atoms with E-state index in [1.165, 1.54) is 45.1 Å². The summed E-state index contributed by atoms with van der Waals surface area (Å²) in [6, 6.07) is 2.34. The Morgan fingerprint density at radius 3 is 2.68 bits per heavy atom. The number of aromatic amines is 1. The smallest absolute Gasteiger partial charge is 0.00430 e. The van der Waals surface area contributed by atoms with E-state index in [0.29, 0.717) is 5.41 Å². The van der Waals surface area contributed by atoms with Crippen molar-refractivity contribution >= 4 is 0 Å². The van der Waals surface area contributed by atoms with E-state index in [9.17, 15) is 0 Å². The molecule has 4 aliphatic carbocycles. The maximum atomic E-state index is 3.36. The van der Waals surface area contributed by atoms with Gasteiger partial charge >= 0.3 is 0 Å². The summed E-state index contributed by atoms with van der Waals surface area (Å²) in [7, 11) is 2.09. The fourth-order valence-corrected chi connectivity index (χ4v) is 5.92. The molecule has 2 unspecified atom stereocenters. The molecule has 0 saturated heterocycles. The van der Waals surface area contributed by atoms with Gasteiger partial charge in [0.05, 0.1) is 0 Å². The lowest BCUT2D eigenvalue weighted by atomic mass is 9.44. The number of nitrogens with one attached hydrogen (secondary N) is 2. The van der Waals surface area contributed by atoms with Gasteiger partial charge in [-0.05, 0) is 92.8 Å². The SMILES string of the molecule is CNCCC1C2CC3CC1CC(c1cc[nH]c1)(C3)C2. The molecular weight excluding hydrogens is 232 g/mol. The van der Waals surface area contributed by atoms with Gasteiger partial charge in [0, 0.05) is 12.4 Å². The zero-order chi connectivity index (χ0) is 12.9. The van der Waals surface area contributed by atoms with Crippen LogP contribution in [-0.2, 0) is 5.41 Å². The van der Waals surface area contributed by atoms with Crippen LogP contribution in [0, 0.1) is 23.7 Å². The highest BCUT2D eigenvalue weighted by molar-refractivity contribution is 5.27. The van der Waals surface area contributed by atoms with Crippen LogP contribution in [0.15, 0.2) is 18.5 Å². The molecule has 2 N–H and O–H groups in total. The summed E-state index contributed by atoms with van der Waals surface area (Å²) >= 11 is 0. The second-order valence-electron chi connectivity index (χ2n) is 7.41. The highest BCUT2D eigenvalue weighted by atomic mass is 14.8. The Morgan fingerprint density at radius 1 is 1.26 bits per heavy atom. The van der Waals surface area contributed by atoms with E-state index in [-0.39, 0.29) is 0 Å². The molecule has 0 spiro atoms. The summed E-state index contributed by atoms with van der Waals surface area (Å²) in [5, 5.41) is 3.36. The molecule has 5 rings (SSSR count). The number of H-pyrrole nitrogens is 1. The first-order valence-electron chi connectivity index (χ1n) is 8.08. The van der Waals surface area contributed by atoms with E-state index in [1.54, 1.807) is 5.56 Å². The number of hydrogen-bond acceptors (Lipinski definition) is 1. The van der Waals surface area contributed by atoms with E-state index in [4.69, 9.17) is 0 Å². The fourth-order valence-electron chi connectivity index (χ4n) is 5.92. The third-order valence-corrected chi connectivity index (χ3v) is 6.41. The van der Waals surface area contributed by atoms with Crippen molar-refractivity contribution < 1.29 is 0 Å². The number of hydrogen-bond donors (Lipinski definition) is 2.